The van der Waals surface area contributed by atoms with Crippen molar-refractivity contribution in [2.75, 3.05) is 26.4 Å². The van der Waals surface area contributed by atoms with Crippen molar-refractivity contribution in [3.8, 4) is 23.0 Å². The number of aromatic amines is 2. The molecule has 0 saturated heterocycles. The molecule has 636 valence electrons. The SMILES string of the molecule is CCCCCCCCOc1cc(C)cc2sc3nc(C)cc(OCCCCCCCC)c3c12.CCCCCCCCOc1cc(C)nc2sc3nc(C)cc(OCCCCCCCC)c3c12.Cc1nc2sc3nc(C)c4ccccc4c3c2c2ccccc12.c1cc2sc3cc[nH]c3c2[nH]1.c1cc2sc3ccoc3c2o1.c1cc2sc3ccsc3c2s1. The lowest BCUT2D eigenvalue weighted by Crippen LogP contribution is -2.00. The first-order valence-electron chi connectivity index (χ1n) is 44.1. The Morgan fingerprint density at radius 3 is 1.06 bits per heavy atom. The Morgan fingerprint density at radius 2 is 0.648 bits per heavy atom. The molecule has 20 rings (SSSR count). The zero-order chi connectivity index (χ0) is 84.3. The number of nitrogens with one attached hydrogen (secondary N) is 2. The van der Waals surface area contributed by atoms with E-state index >= 15 is 0 Å². The van der Waals surface area contributed by atoms with E-state index in [0.717, 1.165) is 164 Å². The molecule has 0 radical (unpaired) electrons. The monoisotopic (exact) mass is 1780 g/mol. The predicted molar refractivity (Wildman–Crippen MR) is 533 cm³/mol. The van der Waals surface area contributed by atoms with Gasteiger partial charge in [0.2, 0.25) is 0 Å². The van der Waals surface area contributed by atoms with Crippen LogP contribution in [0.2, 0.25) is 0 Å². The molecule has 0 amide bonds. The molecule has 122 heavy (non-hydrogen) atoms. The summed E-state index contributed by atoms with van der Waals surface area (Å²) in [6, 6.07) is 40.3. The minimum Gasteiger partial charge on any atom is -0.493 e. The highest BCUT2D eigenvalue weighted by Gasteiger charge is 2.23. The fourth-order valence-electron chi connectivity index (χ4n) is 16.0. The van der Waals surface area contributed by atoms with Crippen molar-refractivity contribution in [3.63, 3.8) is 0 Å². The second-order valence-corrected chi connectivity index (χ2v) is 39.8. The van der Waals surface area contributed by atoms with E-state index in [2.05, 4.69) is 179 Å². The number of unbranched alkanes of at least 4 members (excludes halogenated alkanes) is 20. The van der Waals surface area contributed by atoms with Crippen LogP contribution in [0.1, 0.15) is 216 Å². The molecule has 17 aromatic heterocycles. The number of aromatic nitrogens is 7. The van der Waals surface area contributed by atoms with Crippen LogP contribution in [0.25, 0.3) is 143 Å². The number of nitrogens with zero attached hydrogens (tertiary/aromatic N) is 5. The highest BCUT2D eigenvalue weighted by atomic mass is 32.1. The molecule has 0 aliphatic rings. The van der Waals surface area contributed by atoms with Gasteiger partial charge in [-0.1, -0.05) is 227 Å². The van der Waals surface area contributed by atoms with Gasteiger partial charge in [-0.2, -0.15) is 0 Å². The van der Waals surface area contributed by atoms with Gasteiger partial charge in [-0.15, -0.1) is 68.0 Å². The van der Waals surface area contributed by atoms with Gasteiger partial charge < -0.3 is 37.7 Å². The van der Waals surface area contributed by atoms with E-state index in [4.69, 9.17) is 52.7 Å². The topological polar surface area (TPSA) is 159 Å². The van der Waals surface area contributed by atoms with Gasteiger partial charge in [-0.3, -0.25) is 0 Å². The molecule has 0 aliphatic carbocycles. The molecule has 0 spiro atoms. The molecule has 0 saturated carbocycles. The average molecular weight is 1780 g/mol. The Balaban J connectivity index is 0.000000120. The smallest absolute Gasteiger partial charge is 0.187 e. The van der Waals surface area contributed by atoms with Gasteiger partial charge in [0.05, 0.1) is 94.3 Å². The van der Waals surface area contributed by atoms with Crippen LogP contribution < -0.4 is 18.9 Å². The predicted octanol–water partition coefficient (Wildman–Crippen LogP) is 34.4. The number of fused-ring (bicyclic) bond motifs is 22. The third-order valence-corrected chi connectivity index (χ3v) is 30.8. The molecule has 2 N–H and O–H groups in total. The zero-order valence-corrected chi connectivity index (χ0v) is 78.7. The summed E-state index contributed by atoms with van der Waals surface area (Å²) in [7, 11) is 0. The Kier molecular flexibility index (Phi) is 31.0. The van der Waals surface area contributed by atoms with Crippen LogP contribution in [0, 0.1) is 41.5 Å². The number of ether oxygens (including phenoxy) is 4. The number of furan rings is 2. The van der Waals surface area contributed by atoms with Crippen molar-refractivity contribution in [3.05, 3.63) is 185 Å². The number of hydrogen-bond acceptors (Lipinski definition) is 19. The van der Waals surface area contributed by atoms with Gasteiger partial charge in [0, 0.05) is 100 Å². The lowest BCUT2D eigenvalue weighted by molar-refractivity contribution is 0.305. The van der Waals surface area contributed by atoms with Crippen molar-refractivity contribution >= 4 is 233 Å². The van der Waals surface area contributed by atoms with E-state index in [1.807, 2.05) is 83.7 Å². The second kappa shape index (κ2) is 43.0. The first-order valence-corrected chi connectivity index (χ1v) is 50.8. The van der Waals surface area contributed by atoms with Crippen molar-refractivity contribution in [2.45, 2.75) is 223 Å². The number of pyridine rings is 5. The maximum absolute atomic E-state index is 6.36. The van der Waals surface area contributed by atoms with Crippen LogP contribution in [-0.4, -0.2) is 61.3 Å². The fraction of sp³-hybridized carbons (Fsp3) is 0.376. The maximum Gasteiger partial charge on any atom is 0.187 e. The molecule has 0 fully saturated rings. The van der Waals surface area contributed by atoms with Crippen LogP contribution in [0.15, 0.2) is 160 Å². The minimum atomic E-state index is 0.745. The average Bonchev–Trinajstić information content (AvgIpc) is 1.56. The number of hydrogen-bond donors (Lipinski definition) is 2. The Labute approximate surface area is 747 Å². The summed E-state index contributed by atoms with van der Waals surface area (Å²) < 4.78 is 47.9. The number of rotatable bonds is 32. The molecule has 0 bridgehead atoms. The molecule has 0 unspecified atom stereocenters. The zero-order valence-electron chi connectivity index (χ0n) is 72.2. The largest absolute Gasteiger partial charge is 0.493 e. The molecular weight excluding hydrogens is 1660 g/mol. The lowest BCUT2D eigenvalue weighted by atomic mass is 10.0. The summed E-state index contributed by atoms with van der Waals surface area (Å²) in [6.45, 7) is 24.5. The van der Waals surface area contributed by atoms with Crippen molar-refractivity contribution in [1.29, 1.82) is 0 Å². The fourth-order valence-corrected chi connectivity index (χ4v) is 25.1. The minimum absolute atomic E-state index is 0.745. The summed E-state index contributed by atoms with van der Waals surface area (Å²) in [6.07, 6.45) is 37.7. The highest BCUT2D eigenvalue weighted by molar-refractivity contribution is 7.37. The summed E-state index contributed by atoms with van der Waals surface area (Å²) in [5.74, 6) is 3.80. The summed E-state index contributed by atoms with van der Waals surface area (Å²) in [4.78, 5) is 35.8. The first kappa shape index (κ1) is 87.9. The summed E-state index contributed by atoms with van der Waals surface area (Å²) >= 11 is 14.2. The van der Waals surface area contributed by atoms with Crippen LogP contribution in [-0.2, 0) is 0 Å². The third kappa shape index (κ3) is 21.0. The van der Waals surface area contributed by atoms with E-state index in [-0.39, 0.29) is 0 Å². The van der Waals surface area contributed by atoms with Crippen LogP contribution in [0.5, 0.6) is 23.0 Å². The van der Waals surface area contributed by atoms with E-state index in [9.17, 15) is 0 Å². The molecule has 0 aliphatic heterocycles. The quantitative estimate of drug-likeness (QED) is 0.0387. The maximum atomic E-state index is 6.36. The Bertz CT molecular complexity index is 5990. The normalized spacial score (nSPS) is 11.6. The molecule has 21 heteroatoms. The standard InChI is InChI=1S/C29H43NO2S.C28H42N2O2S.C20H14N2S.C8H6N2S.C8H4O2S.C8H4S3/c1-5-7-9-11-13-15-17-31-24-19-22(3)20-26-27(24)28-25(21-23(4)30-29(28)33-26)32-18-16-14-12-10-8-6-2;1-5-7-9-11-13-15-17-31-23-19-21(3)29-27-25(23)26-24(20-22(4)30-28(26)33-27)32-18-16-14-12-10-8-6-2;1-11-13-7-3-5-9-15(13)17-18-16-10-6-4-8-14(16)12(2)22-20(18)23-19(17)21-11;3*1-3-9-7-5(1)11-6-2-4-10-8(6)7/h19-21H,5-18H2,1-4H3;19-20H,5-18H2,1-4H3;3-10H,1-2H3;1-4,9-10H;2*1-4H. The number of benzene rings is 3. The Hall–Kier alpha value is -9.03. The van der Waals surface area contributed by atoms with Crippen molar-refractivity contribution < 1.29 is 27.8 Å². The second-order valence-electron chi connectivity index (χ2n) is 31.8. The van der Waals surface area contributed by atoms with Gasteiger partial charge in [0.15, 0.2) is 11.2 Å². The van der Waals surface area contributed by atoms with Crippen LogP contribution in [0.3, 0.4) is 0 Å². The Morgan fingerprint density at radius 1 is 0.303 bits per heavy atom. The highest BCUT2D eigenvalue weighted by Crippen LogP contribution is 2.48. The molecule has 0 atom stereocenters. The van der Waals surface area contributed by atoms with Gasteiger partial charge in [0.1, 0.15) is 47.2 Å². The summed E-state index contributed by atoms with van der Waals surface area (Å²) in [5, 5.41) is 16.3. The van der Waals surface area contributed by atoms with E-state index < -0.39 is 0 Å². The van der Waals surface area contributed by atoms with Crippen molar-refractivity contribution in [2.24, 2.45) is 0 Å². The molecular formula is C101H113N7O6S8. The first-order chi connectivity index (χ1) is 59.9. The van der Waals surface area contributed by atoms with E-state index in [1.54, 1.807) is 57.9 Å². The van der Waals surface area contributed by atoms with Crippen LogP contribution >= 0.6 is 90.7 Å². The number of H-pyrrole nitrogens is 2. The van der Waals surface area contributed by atoms with Crippen molar-refractivity contribution in [1.82, 2.24) is 34.9 Å². The van der Waals surface area contributed by atoms with Crippen LogP contribution in [0.4, 0.5) is 0 Å². The van der Waals surface area contributed by atoms with Gasteiger partial charge >= 0.3 is 0 Å². The van der Waals surface area contributed by atoms with Gasteiger partial charge in [0.25, 0.3) is 0 Å². The molecule has 17 heterocycles. The number of aryl methyl sites for hydroxylation is 6. The van der Waals surface area contributed by atoms with Gasteiger partial charge in [-0.05, 0) is 143 Å². The summed E-state index contributed by atoms with van der Waals surface area (Å²) in [5.41, 5.74) is 10.6. The molecule has 13 nitrogen and oxygen atoms in total. The molecule has 3 aromatic carbocycles. The number of thiophene rings is 8. The third-order valence-electron chi connectivity index (χ3n) is 22.2. The molecule has 20 aromatic rings. The van der Waals surface area contributed by atoms with Gasteiger partial charge in [-0.25, -0.2) is 24.9 Å². The van der Waals surface area contributed by atoms with E-state index in [0.29, 0.717) is 0 Å². The van der Waals surface area contributed by atoms with E-state index in [1.165, 1.54) is 216 Å². The lowest BCUT2D eigenvalue weighted by Gasteiger charge is -2.12.